The van der Waals surface area contributed by atoms with E-state index in [0.29, 0.717) is 6.54 Å². The van der Waals surface area contributed by atoms with Crippen LogP contribution in [-0.2, 0) is 13.0 Å². The van der Waals surface area contributed by atoms with Crippen molar-refractivity contribution in [2.75, 3.05) is 51.7 Å². The third-order valence-electron chi connectivity index (χ3n) is 5.02. The van der Waals surface area contributed by atoms with E-state index in [9.17, 15) is 0 Å². The summed E-state index contributed by atoms with van der Waals surface area (Å²) in [7, 11) is 3.96. The number of nitrogens with one attached hydrogen (secondary N) is 2. The number of piperazine rings is 1. The number of aromatic nitrogens is 2. The topological polar surface area (TPSA) is 68.7 Å². The van der Waals surface area contributed by atoms with Gasteiger partial charge in [0.2, 0.25) is 0 Å². The Morgan fingerprint density at radius 1 is 1.18 bits per heavy atom. The normalized spacial score (nSPS) is 15.7. The maximum atomic E-state index is 4.64. The second-order valence-corrected chi connectivity index (χ2v) is 8.45. The Kier molecular flexibility index (Phi) is 7.22. The van der Waals surface area contributed by atoms with Gasteiger partial charge in [0.1, 0.15) is 5.82 Å². The molecular weight excluding hydrogens is 370 g/mol. The second-order valence-electron chi connectivity index (χ2n) is 7.17. The number of aliphatic imine (C=N–C) groups is 1. The highest BCUT2D eigenvalue weighted by Crippen LogP contribution is 2.16. The Labute approximate surface area is 171 Å². The maximum Gasteiger partial charge on any atom is 0.191 e. The molecule has 2 aromatic heterocycles. The van der Waals surface area contributed by atoms with Crippen molar-refractivity contribution in [2.45, 2.75) is 26.8 Å². The van der Waals surface area contributed by atoms with E-state index in [1.807, 2.05) is 6.20 Å². The maximum absolute atomic E-state index is 4.64. The zero-order chi connectivity index (χ0) is 19.9. The summed E-state index contributed by atoms with van der Waals surface area (Å²) in [5.41, 5.74) is 2.28. The van der Waals surface area contributed by atoms with Crippen LogP contribution in [0.1, 0.15) is 21.1 Å². The van der Waals surface area contributed by atoms with Crippen LogP contribution in [0.15, 0.2) is 23.3 Å². The number of rotatable bonds is 6. The molecule has 0 unspecified atom stereocenters. The number of hydrogen-bond donors (Lipinski definition) is 2. The van der Waals surface area contributed by atoms with Crippen molar-refractivity contribution in [1.29, 1.82) is 0 Å². The summed E-state index contributed by atoms with van der Waals surface area (Å²) in [6.45, 7) is 9.95. The number of aryl methyl sites for hydroxylation is 2. The SMILES string of the molecule is CN=C(NCCc1nc(C)c(C)s1)NCc1ccc(N2CCN(C)CC2)nc1. The van der Waals surface area contributed by atoms with E-state index in [4.69, 9.17) is 0 Å². The molecule has 0 spiro atoms. The standard InChI is InChI=1S/C20H31N7S/c1-15-16(2)28-19(25-15)7-8-22-20(21-3)24-14-17-5-6-18(23-13-17)27-11-9-26(4)10-12-27/h5-6,13H,7-12,14H2,1-4H3,(H2,21,22,24). The van der Waals surface area contributed by atoms with Crippen LogP contribution in [0.5, 0.6) is 0 Å². The number of anilines is 1. The Hall–Kier alpha value is -2.19. The Morgan fingerprint density at radius 3 is 2.57 bits per heavy atom. The lowest BCUT2D eigenvalue weighted by molar-refractivity contribution is 0.312. The lowest BCUT2D eigenvalue weighted by atomic mass is 10.2. The molecule has 3 heterocycles. The lowest BCUT2D eigenvalue weighted by Crippen LogP contribution is -2.44. The Morgan fingerprint density at radius 2 is 1.96 bits per heavy atom. The first-order valence-corrected chi connectivity index (χ1v) is 10.6. The molecule has 1 saturated heterocycles. The predicted octanol–water partition coefficient (Wildman–Crippen LogP) is 1.81. The van der Waals surface area contributed by atoms with Crippen LogP contribution in [0.2, 0.25) is 0 Å². The molecule has 0 amide bonds. The van der Waals surface area contributed by atoms with Crippen LogP contribution >= 0.6 is 11.3 Å². The van der Waals surface area contributed by atoms with Gasteiger partial charge >= 0.3 is 0 Å². The van der Waals surface area contributed by atoms with Crippen molar-refractivity contribution >= 4 is 23.1 Å². The minimum atomic E-state index is 0.700. The summed E-state index contributed by atoms with van der Waals surface area (Å²) in [4.78, 5) is 19.5. The Bertz CT molecular complexity index is 757. The fourth-order valence-electron chi connectivity index (χ4n) is 3.08. The van der Waals surface area contributed by atoms with Crippen LogP contribution in [0.4, 0.5) is 5.82 Å². The van der Waals surface area contributed by atoms with Gasteiger partial charge in [-0.1, -0.05) is 6.07 Å². The van der Waals surface area contributed by atoms with E-state index < -0.39 is 0 Å². The van der Waals surface area contributed by atoms with Gasteiger partial charge in [0.15, 0.2) is 5.96 Å². The molecule has 0 aliphatic carbocycles. The summed E-state index contributed by atoms with van der Waals surface area (Å²) in [6, 6.07) is 4.26. The largest absolute Gasteiger partial charge is 0.356 e. The van der Waals surface area contributed by atoms with Gasteiger partial charge in [-0.25, -0.2) is 9.97 Å². The van der Waals surface area contributed by atoms with E-state index in [0.717, 1.165) is 62.2 Å². The highest BCUT2D eigenvalue weighted by atomic mass is 32.1. The molecule has 28 heavy (non-hydrogen) atoms. The molecule has 0 bridgehead atoms. The number of guanidine groups is 1. The van der Waals surface area contributed by atoms with Crippen molar-refractivity contribution in [3.8, 4) is 0 Å². The smallest absolute Gasteiger partial charge is 0.191 e. The number of pyridine rings is 1. The number of thiazole rings is 1. The monoisotopic (exact) mass is 401 g/mol. The first kappa shape index (κ1) is 20.5. The van der Waals surface area contributed by atoms with Crippen LogP contribution in [-0.4, -0.2) is 67.6 Å². The molecule has 1 aliphatic rings. The molecule has 0 radical (unpaired) electrons. The van der Waals surface area contributed by atoms with Gasteiger partial charge in [-0.05, 0) is 32.5 Å². The van der Waals surface area contributed by atoms with E-state index in [-0.39, 0.29) is 0 Å². The summed E-state index contributed by atoms with van der Waals surface area (Å²) >= 11 is 1.77. The van der Waals surface area contributed by atoms with Gasteiger partial charge in [0.05, 0.1) is 10.7 Å². The molecule has 1 aliphatic heterocycles. The van der Waals surface area contributed by atoms with Crippen molar-refractivity contribution in [2.24, 2.45) is 4.99 Å². The first-order valence-electron chi connectivity index (χ1n) is 9.81. The minimum absolute atomic E-state index is 0.700. The molecule has 152 valence electrons. The summed E-state index contributed by atoms with van der Waals surface area (Å²) in [6.07, 6.45) is 2.86. The molecule has 2 N–H and O–H groups in total. The molecular formula is C20H31N7S. The van der Waals surface area contributed by atoms with Gasteiger partial charge in [-0.2, -0.15) is 0 Å². The third-order valence-corrected chi connectivity index (χ3v) is 6.16. The molecule has 3 rings (SSSR count). The zero-order valence-electron chi connectivity index (χ0n) is 17.3. The van der Waals surface area contributed by atoms with E-state index in [2.05, 4.69) is 68.4 Å². The molecule has 2 aromatic rings. The van der Waals surface area contributed by atoms with E-state index in [1.165, 1.54) is 9.88 Å². The predicted molar refractivity (Wildman–Crippen MR) is 117 cm³/mol. The summed E-state index contributed by atoms with van der Waals surface area (Å²) < 4.78 is 0. The van der Waals surface area contributed by atoms with Gasteiger partial charge in [-0.15, -0.1) is 11.3 Å². The minimum Gasteiger partial charge on any atom is -0.356 e. The molecule has 8 heteroatoms. The quantitative estimate of drug-likeness (QED) is 0.568. The fourth-order valence-corrected chi connectivity index (χ4v) is 4.02. The average molecular weight is 402 g/mol. The zero-order valence-corrected chi connectivity index (χ0v) is 18.1. The van der Waals surface area contributed by atoms with Crippen molar-refractivity contribution in [3.63, 3.8) is 0 Å². The van der Waals surface area contributed by atoms with Crippen molar-refractivity contribution in [1.82, 2.24) is 25.5 Å². The molecule has 7 nitrogen and oxygen atoms in total. The Balaban J connectivity index is 1.43. The van der Waals surface area contributed by atoms with Gasteiger partial charge in [-0.3, -0.25) is 4.99 Å². The highest BCUT2D eigenvalue weighted by Gasteiger charge is 2.14. The highest BCUT2D eigenvalue weighted by molar-refractivity contribution is 7.11. The number of hydrogen-bond acceptors (Lipinski definition) is 6. The van der Waals surface area contributed by atoms with Crippen LogP contribution in [0.3, 0.4) is 0 Å². The molecule has 1 fully saturated rings. The second kappa shape index (κ2) is 9.84. The van der Waals surface area contributed by atoms with Gasteiger partial charge in [0.25, 0.3) is 0 Å². The van der Waals surface area contributed by atoms with E-state index in [1.54, 1.807) is 18.4 Å². The van der Waals surface area contributed by atoms with Crippen LogP contribution < -0.4 is 15.5 Å². The fraction of sp³-hybridized carbons (Fsp3) is 0.550. The summed E-state index contributed by atoms with van der Waals surface area (Å²) in [5.74, 6) is 1.86. The van der Waals surface area contributed by atoms with Crippen molar-refractivity contribution < 1.29 is 0 Å². The molecule has 0 saturated carbocycles. The van der Waals surface area contributed by atoms with Gasteiger partial charge < -0.3 is 20.4 Å². The molecule has 0 aromatic carbocycles. The van der Waals surface area contributed by atoms with Crippen LogP contribution in [0, 0.1) is 13.8 Å². The average Bonchev–Trinajstić information content (AvgIpc) is 3.03. The summed E-state index contributed by atoms with van der Waals surface area (Å²) in [5, 5.41) is 7.88. The number of nitrogens with zero attached hydrogens (tertiary/aromatic N) is 5. The molecule has 0 atom stereocenters. The third kappa shape index (κ3) is 5.65. The van der Waals surface area contributed by atoms with Gasteiger partial charge in [0, 0.05) is 63.8 Å². The number of likely N-dealkylation sites (N-methyl/N-ethyl adjacent to an activating group) is 1. The van der Waals surface area contributed by atoms with Crippen molar-refractivity contribution in [3.05, 3.63) is 39.5 Å². The van der Waals surface area contributed by atoms with E-state index >= 15 is 0 Å². The van der Waals surface area contributed by atoms with Crippen LogP contribution in [0.25, 0.3) is 0 Å². The lowest BCUT2D eigenvalue weighted by Gasteiger charge is -2.33. The first-order chi connectivity index (χ1) is 13.5.